The van der Waals surface area contributed by atoms with Crippen LogP contribution in [0.4, 0.5) is 5.95 Å². The molecule has 1 saturated heterocycles. The van der Waals surface area contributed by atoms with Crippen LogP contribution >= 0.6 is 0 Å². The summed E-state index contributed by atoms with van der Waals surface area (Å²) < 4.78 is 0. The number of amides is 2. The lowest BCUT2D eigenvalue weighted by molar-refractivity contribution is -0.137. The quantitative estimate of drug-likeness (QED) is 0.861. The van der Waals surface area contributed by atoms with Crippen molar-refractivity contribution in [2.75, 3.05) is 18.4 Å². The monoisotopic (exact) mass is 279 g/mol. The Morgan fingerprint density at radius 1 is 1.45 bits per heavy atom. The maximum absolute atomic E-state index is 12.2. The van der Waals surface area contributed by atoms with Gasteiger partial charge in [0.2, 0.25) is 17.8 Å². The van der Waals surface area contributed by atoms with Crippen LogP contribution in [0.25, 0.3) is 0 Å². The van der Waals surface area contributed by atoms with Gasteiger partial charge >= 0.3 is 0 Å². The molecule has 20 heavy (non-hydrogen) atoms. The van der Waals surface area contributed by atoms with Gasteiger partial charge in [0.25, 0.3) is 0 Å². The molecule has 0 aliphatic carbocycles. The molecule has 2 rings (SSSR count). The van der Waals surface area contributed by atoms with Crippen LogP contribution < -0.4 is 5.32 Å². The lowest BCUT2D eigenvalue weighted by Gasteiger charge is -2.32. The summed E-state index contributed by atoms with van der Waals surface area (Å²) in [5.41, 5.74) is 0. The highest BCUT2D eigenvalue weighted by Gasteiger charge is 2.29. The summed E-state index contributed by atoms with van der Waals surface area (Å²) in [4.78, 5) is 30.0. The van der Waals surface area contributed by atoms with Gasteiger partial charge in [-0.05, 0) is 19.8 Å². The molecule has 1 aliphatic heterocycles. The molecule has 7 heteroatoms. The maximum Gasteiger partial charge on any atom is 0.248 e. The van der Waals surface area contributed by atoms with Crippen LogP contribution in [0.5, 0.6) is 0 Å². The third-order valence-corrected chi connectivity index (χ3v) is 3.43. The summed E-state index contributed by atoms with van der Waals surface area (Å²) in [7, 11) is 0. The minimum Gasteiger partial charge on any atom is -0.342 e. The van der Waals surface area contributed by atoms with Crippen molar-refractivity contribution in [2.45, 2.75) is 33.6 Å². The van der Waals surface area contributed by atoms with Crippen molar-refractivity contribution in [1.82, 2.24) is 20.1 Å². The summed E-state index contributed by atoms with van der Waals surface area (Å²) >= 11 is 0. The molecule has 0 saturated carbocycles. The lowest BCUT2D eigenvalue weighted by atomic mass is 9.96. The Labute approximate surface area is 118 Å². The summed E-state index contributed by atoms with van der Waals surface area (Å²) in [5.74, 6) is 0.708. The zero-order valence-corrected chi connectivity index (χ0v) is 12.1. The number of aryl methyl sites for hydroxylation is 1. The molecule has 0 aromatic carbocycles. The van der Waals surface area contributed by atoms with Gasteiger partial charge in [-0.1, -0.05) is 13.8 Å². The van der Waals surface area contributed by atoms with Crippen molar-refractivity contribution in [1.29, 1.82) is 0 Å². The number of hydrogen-bond donors (Lipinski definition) is 2. The van der Waals surface area contributed by atoms with Gasteiger partial charge in [0.05, 0.1) is 5.92 Å². The molecule has 2 N–H and O–H groups in total. The van der Waals surface area contributed by atoms with Crippen LogP contribution in [0.1, 0.15) is 32.5 Å². The van der Waals surface area contributed by atoms with Crippen LogP contribution in [0.3, 0.4) is 0 Å². The van der Waals surface area contributed by atoms with Crippen molar-refractivity contribution >= 4 is 17.8 Å². The highest BCUT2D eigenvalue weighted by Crippen LogP contribution is 2.19. The van der Waals surface area contributed by atoms with Gasteiger partial charge in [0.1, 0.15) is 5.82 Å². The summed E-state index contributed by atoms with van der Waals surface area (Å²) in [6.45, 7) is 6.74. The average Bonchev–Trinajstić information content (AvgIpc) is 2.83. The number of hydrogen-bond acceptors (Lipinski definition) is 4. The highest BCUT2D eigenvalue weighted by atomic mass is 16.2. The van der Waals surface area contributed by atoms with E-state index in [1.165, 1.54) is 0 Å². The minimum absolute atomic E-state index is 0.0348. The van der Waals surface area contributed by atoms with Crippen molar-refractivity contribution in [3.63, 3.8) is 0 Å². The Morgan fingerprint density at radius 3 is 2.80 bits per heavy atom. The first-order chi connectivity index (χ1) is 9.47. The number of H-pyrrole nitrogens is 1. The first-order valence-electron chi connectivity index (χ1n) is 6.96. The van der Waals surface area contributed by atoms with Gasteiger partial charge in [-0.2, -0.15) is 4.98 Å². The van der Waals surface area contributed by atoms with Gasteiger partial charge < -0.3 is 4.90 Å². The predicted octanol–water partition coefficient (Wildman–Crippen LogP) is 0.946. The van der Waals surface area contributed by atoms with E-state index in [4.69, 9.17) is 0 Å². The van der Waals surface area contributed by atoms with E-state index in [-0.39, 0.29) is 23.7 Å². The number of carbonyl (C=O) groups is 2. The third kappa shape index (κ3) is 3.34. The zero-order chi connectivity index (χ0) is 14.7. The Morgan fingerprint density at radius 2 is 2.20 bits per heavy atom. The van der Waals surface area contributed by atoms with E-state index in [0.717, 1.165) is 19.4 Å². The van der Waals surface area contributed by atoms with E-state index in [2.05, 4.69) is 20.5 Å². The molecule has 110 valence electrons. The van der Waals surface area contributed by atoms with Crippen molar-refractivity contribution in [3.05, 3.63) is 5.82 Å². The average molecular weight is 279 g/mol. The number of aromatic nitrogens is 3. The Kier molecular flexibility index (Phi) is 4.36. The fraction of sp³-hybridized carbons (Fsp3) is 0.692. The second-order valence-corrected chi connectivity index (χ2v) is 5.51. The number of likely N-dealkylation sites (tertiary alicyclic amines) is 1. The van der Waals surface area contributed by atoms with Gasteiger partial charge in [0.15, 0.2) is 0 Å². The van der Waals surface area contributed by atoms with Crippen LogP contribution in [-0.2, 0) is 9.59 Å². The van der Waals surface area contributed by atoms with E-state index in [1.54, 1.807) is 11.8 Å². The molecular weight excluding hydrogens is 258 g/mol. The molecule has 1 unspecified atom stereocenters. The molecule has 1 aliphatic rings. The molecule has 1 aromatic heterocycles. The highest BCUT2D eigenvalue weighted by molar-refractivity contribution is 5.91. The molecule has 1 atom stereocenters. The van der Waals surface area contributed by atoms with E-state index in [9.17, 15) is 9.59 Å². The predicted molar refractivity (Wildman–Crippen MR) is 73.9 cm³/mol. The second kappa shape index (κ2) is 6.02. The van der Waals surface area contributed by atoms with Crippen molar-refractivity contribution in [2.24, 2.45) is 11.8 Å². The molecular formula is C13H21N5O2. The largest absolute Gasteiger partial charge is 0.342 e. The number of nitrogens with zero attached hydrogens (tertiary/aromatic N) is 3. The van der Waals surface area contributed by atoms with E-state index >= 15 is 0 Å². The van der Waals surface area contributed by atoms with Crippen LogP contribution in [0.15, 0.2) is 0 Å². The van der Waals surface area contributed by atoms with Crippen molar-refractivity contribution in [3.8, 4) is 0 Å². The molecule has 2 heterocycles. The number of aromatic amines is 1. The molecule has 0 spiro atoms. The van der Waals surface area contributed by atoms with Gasteiger partial charge in [-0.3, -0.25) is 20.0 Å². The minimum atomic E-state index is -0.190. The summed E-state index contributed by atoms with van der Waals surface area (Å²) in [6.07, 6.45) is 1.64. The standard InChI is InChI=1S/C13H21N5O2/c1-8(2)12(20)18-6-4-5-10(7-18)11(19)15-13-14-9(3)16-17-13/h8,10H,4-7H2,1-3H3,(H2,14,15,16,17,19). The molecule has 1 fully saturated rings. The topological polar surface area (TPSA) is 91.0 Å². The number of piperidine rings is 1. The number of carbonyl (C=O) groups excluding carboxylic acids is 2. The number of anilines is 1. The first-order valence-corrected chi connectivity index (χ1v) is 6.96. The Hall–Kier alpha value is -1.92. The van der Waals surface area contributed by atoms with Crippen LogP contribution in [-0.4, -0.2) is 45.0 Å². The van der Waals surface area contributed by atoms with E-state index in [1.807, 2.05) is 13.8 Å². The normalized spacial score (nSPS) is 19.2. The molecule has 0 radical (unpaired) electrons. The maximum atomic E-state index is 12.2. The molecule has 1 aromatic rings. The van der Waals surface area contributed by atoms with Crippen molar-refractivity contribution < 1.29 is 9.59 Å². The van der Waals surface area contributed by atoms with Gasteiger partial charge in [0, 0.05) is 19.0 Å². The fourth-order valence-electron chi connectivity index (χ4n) is 2.37. The summed E-state index contributed by atoms with van der Waals surface area (Å²) in [6, 6.07) is 0. The number of nitrogens with one attached hydrogen (secondary N) is 2. The fourth-order valence-corrected chi connectivity index (χ4v) is 2.37. The van der Waals surface area contributed by atoms with Crippen LogP contribution in [0, 0.1) is 18.8 Å². The Bertz CT molecular complexity index is 497. The SMILES string of the molecule is Cc1nc(NC(=O)C2CCCN(C(=O)C(C)C)C2)n[nH]1. The van der Waals surface area contributed by atoms with Crippen LogP contribution in [0.2, 0.25) is 0 Å². The van der Waals surface area contributed by atoms with Gasteiger partial charge in [-0.25, -0.2) is 0 Å². The summed E-state index contributed by atoms with van der Waals surface area (Å²) in [5, 5.41) is 9.25. The molecule has 7 nitrogen and oxygen atoms in total. The molecule has 0 bridgehead atoms. The second-order valence-electron chi connectivity index (χ2n) is 5.51. The smallest absolute Gasteiger partial charge is 0.248 e. The lowest BCUT2D eigenvalue weighted by Crippen LogP contribution is -2.45. The number of rotatable bonds is 3. The first kappa shape index (κ1) is 14.5. The zero-order valence-electron chi connectivity index (χ0n) is 12.1. The molecule has 2 amide bonds. The Balaban J connectivity index is 1.94. The third-order valence-electron chi connectivity index (χ3n) is 3.43. The van der Waals surface area contributed by atoms with Gasteiger partial charge in [-0.15, -0.1) is 5.10 Å². The van der Waals surface area contributed by atoms with E-state index in [0.29, 0.717) is 18.3 Å². The van der Waals surface area contributed by atoms with E-state index < -0.39 is 0 Å².